The van der Waals surface area contributed by atoms with E-state index in [-0.39, 0.29) is 24.5 Å². The summed E-state index contributed by atoms with van der Waals surface area (Å²) in [4.78, 5) is 27.8. The number of rotatable bonds is 7. The normalized spacial score (nSPS) is 11.1. The maximum atomic E-state index is 12.5. The topological polar surface area (TPSA) is 77.5 Å². The number of pyridine rings is 1. The highest BCUT2D eigenvalue weighted by molar-refractivity contribution is 5.94. The first kappa shape index (κ1) is 21.2. The summed E-state index contributed by atoms with van der Waals surface area (Å²) in [6, 6.07) is 7.05. The number of ether oxygens (including phenoxy) is 2. The molecule has 2 rings (SSSR count). The molecule has 1 aromatic carbocycles. The number of aromatic nitrogens is 1. The summed E-state index contributed by atoms with van der Waals surface area (Å²) in [6.07, 6.45) is -4.75. The van der Waals surface area contributed by atoms with Crippen molar-refractivity contribution >= 4 is 11.7 Å². The number of aryl methyl sites for hydroxylation is 1. The third-order valence-electron chi connectivity index (χ3n) is 3.61. The predicted molar refractivity (Wildman–Crippen MR) is 94.2 cm³/mol. The Morgan fingerprint density at radius 2 is 1.86 bits per heavy atom. The van der Waals surface area contributed by atoms with Crippen LogP contribution in [0, 0.1) is 6.92 Å². The number of methoxy groups -OCH3 is 1. The summed E-state index contributed by atoms with van der Waals surface area (Å²) >= 11 is 0. The fourth-order valence-electron chi connectivity index (χ4n) is 2.53. The van der Waals surface area contributed by atoms with Crippen molar-refractivity contribution in [2.24, 2.45) is 0 Å². The lowest BCUT2D eigenvalue weighted by Crippen LogP contribution is -2.23. The van der Waals surface area contributed by atoms with E-state index in [1.807, 2.05) is 0 Å². The molecule has 28 heavy (non-hydrogen) atoms. The molecule has 0 saturated carbocycles. The molecule has 0 aliphatic heterocycles. The van der Waals surface area contributed by atoms with Gasteiger partial charge < -0.3 is 14.8 Å². The number of nitrogens with one attached hydrogen (secondary N) is 1. The van der Waals surface area contributed by atoms with Gasteiger partial charge in [-0.1, -0.05) is 6.07 Å². The van der Waals surface area contributed by atoms with Gasteiger partial charge in [0.25, 0.3) is 5.91 Å². The Morgan fingerprint density at radius 3 is 2.46 bits per heavy atom. The third kappa shape index (κ3) is 6.26. The van der Waals surface area contributed by atoms with Crippen LogP contribution < -0.4 is 14.8 Å². The fraction of sp³-hybridized carbons (Fsp3) is 0.316. The van der Waals surface area contributed by atoms with E-state index in [4.69, 9.17) is 4.74 Å². The number of Topliss-reactive ketones (excluding diaryl/α,β-unsaturated/α-hetero) is 1. The predicted octanol–water partition coefficient (Wildman–Crippen LogP) is 3.36. The lowest BCUT2D eigenvalue weighted by atomic mass is 10.1. The van der Waals surface area contributed by atoms with Gasteiger partial charge in [0.15, 0.2) is 11.5 Å². The number of halogens is 3. The summed E-state index contributed by atoms with van der Waals surface area (Å²) in [6.45, 7) is 3.10. The van der Waals surface area contributed by atoms with Crippen LogP contribution >= 0.6 is 0 Å². The van der Waals surface area contributed by atoms with E-state index >= 15 is 0 Å². The molecule has 0 saturated heterocycles. The molecule has 1 heterocycles. The Kier molecular flexibility index (Phi) is 6.61. The van der Waals surface area contributed by atoms with Crippen LogP contribution in [-0.4, -0.2) is 30.1 Å². The van der Waals surface area contributed by atoms with Gasteiger partial charge >= 0.3 is 6.36 Å². The lowest BCUT2D eigenvalue weighted by Gasteiger charge is -2.14. The Labute approximate surface area is 159 Å². The number of hydrogen-bond acceptors (Lipinski definition) is 5. The van der Waals surface area contributed by atoms with Gasteiger partial charge in [-0.15, -0.1) is 13.2 Å². The van der Waals surface area contributed by atoms with E-state index in [2.05, 4.69) is 15.0 Å². The zero-order chi connectivity index (χ0) is 20.9. The quantitative estimate of drug-likeness (QED) is 0.777. The second kappa shape index (κ2) is 8.73. The Balaban J connectivity index is 2.13. The van der Waals surface area contributed by atoms with Gasteiger partial charge in [0.1, 0.15) is 5.78 Å². The molecule has 0 aliphatic rings. The van der Waals surface area contributed by atoms with Gasteiger partial charge in [-0.3, -0.25) is 14.6 Å². The van der Waals surface area contributed by atoms with Crippen LogP contribution in [0.15, 0.2) is 30.3 Å². The molecule has 0 atom stereocenters. The number of ketones is 1. The van der Waals surface area contributed by atoms with Crippen LogP contribution in [0.3, 0.4) is 0 Å². The van der Waals surface area contributed by atoms with Gasteiger partial charge in [-0.2, -0.15) is 0 Å². The number of amides is 1. The van der Waals surface area contributed by atoms with Crippen LogP contribution in [-0.2, 0) is 17.8 Å². The Bertz CT molecular complexity index is 882. The molecule has 6 nitrogen and oxygen atoms in total. The molecule has 0 unspecified atom stereocenters. The molecule has 1 N–H and O–H groups in total. The number of carbonyl (C=O) groups excluding carboxylic acids is 2. The van der Waals surface area contributed by atoms with Crippen molar-refractivity contribution in [3.63, 3.8) is 0 Å². The highest BCUT2D eigenvalue weighted by Crippen LogP contribution is 2.32. The highest BCUT2D eigenvalue weighted by atomic mass is 19.4. The second-order valence-corrected chi connectivity index (χ2v) is 6.08. The standard InChI is InChI=1S/C19H19F3N2O4/c1-11-6-14(9-15(24-11)7-12(2)25)18(26)23-10-13-4-5-16(27-3)17(8-13)28-19(20,21)22/h4-6,8-9H,7,10H2,1-3H3,(H,23,26). The fourth-order valence-corrected chi connectivity index (χ4v) is 2.53. The molecule has 1 amide bonds. The molecule has 0 bridgehead atoms. The average Bonchev–Trinajstić information content (AvgIpc) is 2.57. The molecule has 9 heteroatoms. The number of nitrogens with zero attached hydrogens (tertiary/aromatic N) is 1. The second-order valence-electron chi connectivity index (χ2n) is 6.08. The minimum absolute atomic E-state index is 0.0273. The zero-order valence-corrected chi connectivity index (χ0v) is 15.5. The molecular weight excluding hydrogens is 377 g/mol. The molecule has 0 spiro atoms. The largest absolute Gasteiger partial charge is 0.573 e. The smallest absolute Gasteiger partial charge is 0.493 e. The van der Waals surface area contributed by atoms with Crippen molar-refractivity contribution in [1.29, 1.82) is 0 Å². The third-order valence-corrected chi connectivity index (χ3v) is 3.61. The van der Waals surface area contributed by atoms with Gasteiger partial charge in [-0.25, -0.2) is 0 Å². The van der Waals surface area contributed by atoms with Crippen LogP contribution in [0.5, 0.6) is 11.5 Å². The van der Waals surface area contributed by atoms with Crippen LogP contribution in [0.2, 0.25) is 0 Å². The average molecular weight is 396 g/mol. The maximum absolute atomic E-state index is 12.5. The van der Waals surface area contributed by atoms with E-state index in [1.165, 1.54) is 32.2 Å². The van der Waals surface area contributed by atoms with Crippen molar-refractivity contribution in [2.45, 2.75) is 33.2 Å². The van der Waals surface area contributed by atoms with E-state index in [1.54, 1.807) is 13.0 Å². The Hall–Kier alpha value is -3.10. The molecule has 0 radical (unpaired) electrons. The van der Waals surface area contributed by atoms with Crippen LogP contribution in [0.4, 0.5) is 13.2 Å². The number of hydrogen-bond donors (Lipinski definition) is 1. The summed E-state index contributed by atoms with van der Waals surface area (Å²) in [7, 11) is 1.23. The first-order chi connectivity index (χ1) is 13.1. The van der Waals surface area contributed by atoms with Gasteiger partial charge in [0.2, 0.25) is 0 Å². The molecule has 150 valence electrons. The minimum atomic E-state index is -4.86. The number of carbonyl (C=O) groups is 2. The minimum Gasteiger partial charge on any atom is -0.493 e. The first-order valence-electron chi connectivity index (χ1n) is 8.25. The summed E-state index contributed by atoms with van der Waals surface area (Å²) in [5, 5.41) is 2.62. The van der Waals surface area contributed by atoms with E-state index in [0.29, 0.717) is 22.5 Å². The number of alkyl halides is 3. The van der Waals surface area contributed by atoms with Crippen LogP contribution in [0.25, 0.3) is 0 Å². The molecular formula is C19H19F3N2O4. The number of benzene rings is 1. The van der Waals surface area contributed by atoms with Crippen molar-refractivity contribution < 1.29 is 32.2 Å². The molecule has 0 fully saturated rings. The van der Waals surface area contributed by atoms with Gasteiger partial charge in [0, 0.05) is 29.9 Å². The van der Waals surface area contributed by atoms with E-state index < -0.39 is 18.0 Å². The molecule has 0 aliphatic carbocycles. The van der Waals surface area contributed by atoms with E-state index in [0.717, 1.165) is 6.07 Å². The van der Waals surface area contributed by atoms with Crippen LogP contribution in [0.1, 0.15) is 34.2 Å². The first-order valence-corrected chi connectivity index (χ1v) is 8.25. The zero-order valence-electron chi connectivity index (χ0n) is 15.5. The maximum Gasteiger partial charge on any atom is 0.573 e. The van der Waals surface area contributed by atoms with Crippen molar-refractivity contribution in [3.05, 3.63) is 52.8 Å². The molecule has 2 aromatic rings. The monoisotopic (exact) mass is 396 g/mol. The summed E-state index contributed by atoms with van der Waals surface area (Å²) in [5.41, 5.74) is 1.75. The van der Waals surface area contributed by atoms with E-state index in [9.17, 15) is 22.8 Å². The Morgan fingerprint density at radius 1 is 1.14 bits per heavy atom. The van der Waals surface area contributed by atoms with Gasteiger partial charge in [0.05, 0.1) is 7.11 Å². The van der Waals surface area contributed by atoms with Gasteiger partial charge in [-0.05, 0) is 43.7 Å². The SMILES string of the molecule is COc1ccc(CNC(=O)c2cc(C)nc(CC(C)=O)c2)cc1OC(F)(F)F. The summed E-state index contributed by atoms with van der Waals surface area (Å²) in [5.74, 6) is -1.10. The summed E-state index contributed by atoms with van der Waals surface area (Å²) < 4.78 is 46.3. The van der Waals surface area contributed by atoms with Crippen molar-refractivity contribution in [2.75, 3.05) is 7.11 Å². The van der Waals surface area contributed by atoms with Crippen molar-refractivity contribution in [3.8, 4) is 11.5 Å². The highest BCUT2D eigenvalue weighted by Gasteiger charge is 2.32. The molecule has 1 aromatic heterocycles. The van der Waals surface area contributed by atoms with Crippen molar-refractivity contribution in [1.82, 2.24) is 10.3 Å². The lowest BCUT2D eigenvalue weighted by molar-refractivity contribution is -0.275.